The highest BCUT2D eigenvalue weighted by Gasteiger charge is 2.44. The summed E-state index contributed by atoms with van der Waals surface area (Å²) in [5, 5.41) is 19.8. The topological polar surface area (TPSA) is 165 Å². The van der Waals surface area contributed by atoms with Crippen molar-refractivity contribution in [3.8, 4) is 11.5 Å². The molecule has 0 spiro atoms. The maximum atomic E-state index is 11.3. The van der Waals surface area contributed by atoms with Crippen LogP contribution < -0.4 is 0 Å². The Morgan fingerprint density at radius 1 is 0.848 bits per heavy atom. The molecule has 0 aliphatic heterocycles. The summed E-state index contributed by atoms with van der Waals surface area (Å²) < 4.78 is 27.4. The highest BCUT2D eigenvalue weighted by atomic mass is 31.2. The summed E-state index contributed by atoms with van der Waals surface area (Å²) in [6.07, 6.45) is 1.93. The van der Waals surface area contributed by atoms with Crippen LogP contribution in [0.15, 0.2) is 42.5 Å². The van der Waals surface area contributed by atoms with Gasteiger partial charge in [-0.1, -0.05) is 32.0 Å². The van der Waals surface area contributed by atoms with Crippen LogP contribution in [-0.2, 0) is 20.3 Å². The van der Waals surface area contributed by atoms with E-state index in [1.54, 1.807) is 18.2 Å². The average molecular weight is 500 g/mol. The van der Waals surface area contributed by atoms with E-state index in [0.29, 0.717) is 5.56 Å². The molecule has 2 aromatic carbocycles. The maximum absolute atomic E-state index is 11.3. The molecule has 0 amide bonds. The number of aromatic hydroxyl groups is 2. The Labute approximate surface area is 192 Å². The molecule has 9 nitrogen and oxygen atoms in total. The van der Waals surface area contributed by atoms with E-state index in [-0.39, 0.29) is 30.9 Å². The van der Waals surface area contributed by atoms with Gasteiger partial charge in [0, 0.05) is 6.61 Å². The second kappa shape index (κ2) is 11.4. The lowest BCUT2D eigenvalue weighted by molar-refractivity contribution is 0.110. The maximum Gasteiger partial charge on any atom is 0.366 e. The molecule has 11 heteroatoms. The van der Waals surface area contributed by atoms with Gasteiger partial charge in [0.15, 0.2) is 0 Å². The molecule has 0 aromatic heterocycles. The summed E-state index contributed by atoms with van der Waals surface area (Å²) in [5.74, 6) is 0.222. The summed E-state index contributed by atoms with van der Waals surface area (Å²) in [6.45, 7) is 3.75. The van der Waals surface area contributed by atoms with Gasteiger partial charge in [0.05, 0.1) is 0 Å². The molecule has 6 N–H and O–H groups in total. The lowest BCUT2D eigenvalue weighted by Crippen LogP contribution is -2.15. The Morgan fingerprint density at radius 2 is 1.36 bits per heavy atom. The summed E-state index contributed by atoms with van der Waals surface area (Å²) in [7, 11) is -10.3. The predicted molar refractivity (Wildman–Crippen MR) is 126 cm³/mol. The lowest BCUT2D eigenvalue weighted by Gasteiger charge is -2.20. The smallest absolute Gasteiger partial charge is 0.366 e. The van der Waals surface area contributed by atoms with Crippen molar-refractivity contribution in [3.63, 3.8) is 0 Å². The van der Waals surface area contributed by atoms with E-state index in [1.807, 2.05) is 38.1 Å². The molecule has 0 saturated carbocycles. The SMILES string of the molecule is CC/C(=C(/CC)c1ccc(O)c(CCCOC(P(=O)(O)O)P(=O)(O)O)c1)c1ccc(O)cc1. The number of allylic oxidation sites excluding steroid dienone is 2. The number of phenols is 2. The molecule has 0 aliphatic carbocycles. The summed E-state index contributed by atoms with van der Waals surface area (Å²) >= 11 is 0. The highest BCUT2D eigenvalue weighted by Crippen LogP contribution is 2.60. The fraction of sp³-hybridized carbons (Fsp3) is 0.364. The molecule has 2 rings (SSSR count). The van der Waals surface area contributed by atoms with Crippen LogP contribution in [0.1, 0.15) is 49.8 Å². The molecular formula is C22H30O9P2. The van der Waals surface area contributed by atoms with E-state index in [2.05, 4.69) is 0 Å². The van der Waals surface area contributed by atoms with Crippen molar-refractivity contribution in [2.75, 3.05) is 6.61 Å². The van der Waals surface area contributed by atoms with E-state index < -0.39 is 20.8 Å². The van der Waals surface area contributed by atoms with Gasteiger partial charge >= 0.3 is 15.2 Å². The zero-order valence-electron chi connectivity index (χ0n) is 18.5. The molecule has 0 bridgehead atoms. The third-order valence-electron chi connectivity index (χ3n) is 5.15. The van der Waals surface area contributed by atoms with Gasteiger partial charge in [0.25, 0.3) is 5.59 Å². The van der Waals surface area contributed by atoms with Crippen molar-refractivity contribution >= 4 is 26.3 Å². The molecule has 0 aliphatic rings. The first-order chi connectivity index (χ1) is 15.4. The van der Waals surface area contributed by atoms with Crippen LogP contribution in [0.25, 0.3) is 11.1 Å². The quantitative estimate of drug-likeness (QED) is 0.149. The molecule has 0 saturated heterocycles. The van der Waals surface area contributed by atoms with Crippen molar-refractivity contribution in [3.05, 3.63) is 59.2 Å². The van der Waals surface area contributed by atoms with Gasteiger partial charge in [0.2, 0.25) is 0 Å². The molecular weight excluding hydrogens is 470 g/mol. The molecule has 0 atom stereocenters. The van der Waals surface area contributed by atoms with Crippen LogP contribution in [0.4, 0.5) is 0 Å². The van der Waals surface area contributed by atoms with Crippen molar-refractivity contribution in [2.45, 2.75) is 45.1 Å². The average Bonchev–Trinajstić information content (AvgIpc) is 2.72. The van der Waals surface area contributed by atoms with Gasteiger partial charge in [-0.2, -0.15) is 0 Å². The van der Waals surface area contributed by atoms with E-state index in [0.717, 1.165) is 35.1 Å². The minimum absolute atomic E-state index is 0.0402. The molecule has 0 unspecified atom stereocenters. The molecule has 0 radical (unpaired) electrons. The number of aryl methyl sites for hydroxylation is 1. The normalized spacial score (nSPS) is 13.3. The van der Waals surface area contributed by atoms with Crippen LogP contribution >= 0.6 is 15.2 Å². The fourth-order valence-corrected chi connectivity index (χ4v) is 5.83. The Balaban J connectivity index is 2.23. The van der Waals surface area contributed by atoms with Crippen molar-refractivity contribution < 1.29 is 43.7 Å². The number of ether oxygens (including phenoxy) is 1. The minimum Gasteiger partial charge on any atom is -0.508 e. The van der Waals surface area contributed by atoms with Gasteiger partial charge in [-0.15, -0.1) is 0 Å². The Morgan fingerprint density at radius 3 is 1.88 bits per heavy atom. The van der Waals surface area contributed by atoms with Crippen LogP contribution in [0, 0.1) is 0 Å². The number of rotatable bonds is 11. The first-order valence-electron chi connectivity index (χ1n) is 10.4. The third kappa shape index (κ3) is 7.52. The molecule has 182 valence electrons. The van der Waals surface area contributed by atoms with Gasteiger partial charge in [-0.3, -0.25) is 9.13 Å². The first-order valence-corrected chi connectivity index (χ1v) is 13.8. The summed E-state index contributed by atoms with van der Waals surface area (Å²) in [5.41, 5.74) is 2.13. The second-order valence-corrected chi connectivity index (χ2v) is 11.2. The van der Waals surface area contributed by atoms with Gasteiger partial charge in [-0.05, 0) is 77.8 Å². The predicted octanol–water partition coefficient (Wildman–Crippen LogP) is 4.42. The number of phenolic OH excluding ortho intramolecular Hbond substituents is 2. The number of benzene rings is 2. The zero-order chi connectivity index (χ0) is 24.8. The van der Waals surface area contributed by atoms with Crippen LogP contribution in [0.3, 0.4) is 0 Å². The second-order valence-electron chi connectivity index (χ2n) is 7.53. The third-order valence-corrected chi connectivity index (χ3v) is 8.40. The first kappa shape index (κ1) is 27.3. The van der Waals surface area contributed by atoms with Crippen molar-refractivity contribution in [1.29, 1.82) is 0 Å². The Kier molecular flexibility index (Phi) is 9.47. The monoisotopic (exact) mass is 500 g/mol. The lowest BCUT2D eigenvalue weighted by atomic mass is 9.90. The Hall–Kier alpha value is -1.96. The fourth-order valence-electron chi connectivity index (χ4n) is 3.66. The highest BCUT2D eigenvalue weighted by molar-refractivity contribution is 7.70. The van der Waals surface area contributed by atoms with E-state index in [9.17, 15) is 19.3 Å². The minimum atomic E-state index is -5.15. The van der Waals surface area contributed by atoms with Crippen LogP contribution in [0.2, 0.25) is 0 Å². The Bertz CT molecular complexity index is 1050. The summed E-state index contributed by atoms with van der Waals surface area (Å²) in [6, 6.07) is 12.2. The van der Waals surface area contributed by atoms with Crippen molar-refractivity contribution in [1.82, 2.24) is 0 Å². The van der Waals surface area contributed by atoms with E-state index in [1.165, 1.54) is 0 Å². The molecule has 2 aromatic rings. The number of hydrogen-bond donors (Lipinski definition) is 6. The van der Waals surface area contributed by atoms with Crippen LogP contribution in [-0.4, -0.2) is 42.0 Å². The van der Waals surface area contributed by atoms with Gasteiger partial charge in [0.1, 0.15) is 11.5 Å². The van der Waals surface area contributed by atoms with Gasteiger partial charge in [-0.25, -0.2) is 0 Å². The molecule has 0 heterocycles. The van der Waals surface area contributed by atoms with E-state index >= 15 is 0 Å². The number of hydrogen-bond acceptors (Lipinski definition) is 5. The van der Waals surface area contributed by atoms with E-state index in [4.69, 9.17) is 24.3 Å². The molecule has 33 heavy (non-hydrogen) atoms. The zero-order valence-corrected chi connectivity index (χ0v) is 20.2. The largest absolute Gasteiger partial charge is 0.508 e. The molecule has 0 fully saturated rings. The summed E-state index contributed by atoms with van der Waals surface area (Å²) in [4.78, 5) is 36.5. The standard InChI is InChI=1S/C22H30O9P2/c1-3-19(15-7-10-18(23)11-8-15)20(4-2)16-9-12-21(24)17(14-16)6-5-13-31-22(32(25,26)27)33(28,29)30/h7-12,14,22-24H,3-6,13H2,1-2H3,(H2,25,26,27)(H2,28,29,30)/b20-19+. The van der Waals surface area contributed by atoms with Crippen LogP contribution in [0.5, 0.6) is 11.5 Å². The van der Waals surface area contributed by atoms with Crippen molar-refractivity contribution in [2.24, 2.45) is 0 Å². The van der Waals surface area contributed by atoms with Gasteiger partial charge < -0.3 is 34.5 Å².